The van der Waals surface area contributed by atoms with Crippen molar-refractivity contribution in [3.8, 4) is 11.5 Å². The molecule has 2 aliphatic heterocycles. The highest BCUT2D eigenvalue weighted by Gasteiger charge is 2.52. The summed E-state index contributed by atoms with van der Waals surface area (Å²) in [6.07, 6.45) is 0.884. The molecule has 0 spiro atoms. The molecule has 2 aromatic rings. The van der Waals surface area contributed by atoms with Gasteiger partial charge in [-0.25, -0.2) is 0 Å². The number of carbonyl (C=O) groups excluding carboxylic acids is 1. The topological polar surface area (TPSA) is 83.4 Å². The van der Waals surface area contributed by atoms with Crippen LogP contribution in [0.15, 0.2) is 58.7 Å². The van der Waals surface area contributed by atoms with E-state index >= 15 is 0 Å². The van der Waals surface area contributed by atoms with Crippen LogP contribution in [0, 0.1) is 0 Å². The number of methoxy groups -OCH3 is 2. The van der Waals surface area contributed by atoms with Gasteiger partial charge in [-0.3, -0.25) is 9.79 Å². The van der Waals surface area contributed by atoms with Gasteiger partial charge in [-0.15, -0.1) is 0 Å². The van der Waals surface area contributed by atoms with E-state index in [0.29, 0.717) is 35.0 Å². The maximum atomic E-state index is 13.8. The number of anilines is 2. The zero-order chi connectivity index (χ0) is 22.2. The largest absolute Gasteiger partial charge is 0.497 e. The number of allylic oxidation sites excluding steroid dienone is 1. The van der Waals surface area contributed by atoms with E-state index in [2.05, 4.69) is 16.4 Å². The number of carbonyl (C=O) groups is 1. The van der Waals surface area contributed by atoms with Gasteiger partial charge in [-0.2, -0.15) is 0 Å². The average Bonchev–Trinajstić information content (AvgIpc) is 3.30. The lowest BCUT2D eigenvalue weighted by Crippen LogP contribution is -2.48. The lowest BCUT2D eigenvalue weighted by atomic mass is 9.90. The summed E-state index contributed by atoms with van der Waals surface area (Å²) in [4.78, 5) is 20.2. The van der Waals surface area contributed by atoms with Crippen molar-refractivity contribution in [2.75, 3.05) is 38.1 Å². The number of rotatable bonds is 5. The molecule has 31 heavy (non-hydrogen) atoms. The van der Waals surface area contributed by atoms with E-state index in [-0.39, 0.29) is 18.8 Å². The van der Waals surface area contributed by atoms with Crippen LogP contribution in [0.4, 0.5) is 11.4 Å². The number of Topliss-reactive ketones (excluding diaryl/α,β-unsaturated/α-hetero) is 1. The molecule has 0 bridgehead atoms. The summed E-state index contributed by atoms with van der Waals surface area (Å²) in [5.41, 5.74) is 3.23. The molecular formula is C24H27N3O4. The van der Waals surface area contributed by atoms with Crippen LogP contribution in [0.2, 0.25) is 0 Å². The van der Waals surface area contributed by atoms with Crippen LogP contribution in [0.5, 0.6) is 11.5 Å². The Hall–Kier alpha value is -3.32. The molecule has 162 valence electrons. The van der Waals surface area contributed by atoms with Crippen molar-refractivity contribution in [3.05, 3.63) is 59.3 Å². The number of aliphatic imine (C=N–C) groups is 1. The first kappa shape index (κ1) is 20.9. The van der Waals surface area contributed by atoms with E-state index in [9.17, 15) is 9.90 Å². The Labute approximate surface area is 182 Å². The molecular weight excluding hydrogens is 394 g/mol. The number of ketones is 1. The molecule has 2 N–H and O–H groups in total. The van der Waals surface area contributed by atoms with Crippen molar-refractivity contribution in [2.45, 2.75) is 25.3 Å². The monoisotopic (exact) mass is 421 g/mol. The normalized spacial score (nSPS) is 23.8. The molecule has 4 rings (SSSR count). The lowest BCUT2D eigenvalue weighted by Gasteiger charge is -2.34. The molecule has 1 atom stereocenters. The standard InChI is InChI=1S/C24H27N3O4/c1-24(9-10-28)22(29)21(20-11-15-7-5-6-8-19(15)26-20)23(25-2)27(24)16-12-17(30-3)14-18(13-16)31-4/h5-8,12-14,26,28H,9-11H2,1-4H3/t24-/m1/s1. The zero-order valence-corrected chi connectivity index (χ0v) is 18.2. The molecule has 1 fully saturated rings. The first-order valence-electron chi connectivity index (χ1n) is 10.2. The number of benzene rings is 2. The summed E-state index contributed by atoms with van der Waals surface area (Å²) >= 11 is 0. The number of ether oxygens (including phenoxy) is 2. The smallest absolute Gasteiger partial charge is 0.194 e. The van der Waals surface area contributed by atoms with E-state index in [4.69, 9.17) is 9.47 Å². The fourth-order valence-corrected chi connectivity index (χ4v) is 4.42. The molecule has 2 aromatic carbocycles. The van der Waals surface area contributed by atoms with Crippen LogP contribution in [-0.4, -0.2) is 50.1 Å². The maximum absolute atomic E-state index is 13.8. The zero-order valence-electron chi connectivity index (χ0n) is 18.2. The van der Waals surface area contributed by atoms with Gasteiger partial charge >= 0.3 is 0 Å². The van der Waals surface area contributed by atoms with Crippen LogP contribution >= 0.6 is 0 Å². The maximum Gasteiger partial charge on any atom is 0.194 e. The Balaban J connectivity index is 1.89. The van der Waals surface area contributed by atoms with Crippen LogP contribution in [0.25, 0.3) is 0 Å². The fraction of sp³-hybridized carbons (Fsp3) is 0.333. The van der Waals surface area contributed by atoms with Gasteiger partial charge in [0.1, 0.15) is 22.9 Å². The van der Waals surface area contributed by atoms with Crippen LogP contribution in [0.1, 0.15) is 18.9 Å². The SMILES string of the molecule is CN=C1C(=C2Cc3ccccc3N2)C(=O)[C@@](C)(CCO)N1c1cc(OC)cc(OC)c1. The Kier molecular flexibility index (Phi) is 5.45. The third-order valence-corrected chi connectivity index (χ3v) is 6.02. The Bertz CT molecular complexity index is 1040. The van der Waals surface area contributed by atoms with Gasteiger partial charge in [0.25, 0.3) is 0 Å². The predicted octanol–water partition coefficient (Wildman–Crippen LogP) is 3.18. The first-order valence-corrected chi connectivity index (χ1v) is 10.2. The van der Waals surface area contributed by atoms with Gasteiger partial charge in [-0.1, -0.05) is 18.2 Å². The van der Waals surface area contributed by atoms with E-state index in [0.717, 1.165) is 16.9 Å². The molecule has 0 saturated carbocycles. The Morgan fingerprint density at radius 2 is 1.84 bits per heavy atom. The quantitative estimate of drug-likeness (QED) is 0.722. The van der Waals surface area contributed by atoms with Gasteiger partial charge in [0.2, 0.25) is 0 Å². The summed E-state index contributed by atoms with van der Waals surface area (Å²) < 4.78 is 10.9. The molecule has 2 aliphatic rings. The summed E-state index contributed by atoms with van der Waals surface area (Å²) in [7, 11) is 4.85. The third-order valence-electron chi connectivity index (χ3n) is 6.02. The molecule has 1 saturated heterocycles. The van der Waals surface area contributed by atoms with Gasteiger partial charge in [0, 0.05) is 56.1 Å². The fourth-order valence-electron chi connectivity index (χ4n) is 4.42. The number of nitrogens with zero attached hydrogens (tertiary/aromatic N) is 2. The molecule has 0 aromatic heterocycles. The van der Waals surface area contributed by atoms with Crippen LogP contribution < -0.4 is 19.7 Å². The van der Waals surface area contributed by atoms with Crippen molar-refractivity contribution >= 4 is 23.0 Å². The summed E-state index contributed by atoms with van der Waals surface area (Å²) in [5.74, 6) is 1.71. The number of aliphatic hydroxyl groups is 1. The molecule has 7 heteroatoms. The Morgan fingerprint density at radius 1 is 1.16 bits per heavy atom. The highest BCUT2D eigenvalue weighted by atomic mass is 16.5. The van der Waals surface area contributed by atoms with Gasteiger partial charge < -0.3 is 24.8 Å². The van der Waals surface area contributed by atoms with Gasteiger partial charge in [0.15, 0.2) is 5.78 Å². The Morgan fingerprint density at radius 3 is 2.42 bits per heavy atom. The highest BCUT2D eigenvalue weighted by Crippen LogP contribution is 2.43. The third kappa shape index (κ3) is 3.35. The molecule has 0 radical (unpaired) electrons. The number of aliphatic hydroxyl groups excluding tert-OH is 1. The van der Waals surface area contributed by atoms with Crippen molar-refractivity contribution in [2.24, 2.45) is 4.99 Å². The van der Waals surface area contributed by atoms with E-state index in [1.54, 1.807) is 27.3 Å². The summed E-state index contributed by atoms with van der Waals surface area (Å²) in [5, 5.41) is 13.2. The summed E-state index contributed by atoms with van der Waals surface area (Å²) in [6.45, 7) is 1.71. The second-order valence-corrected chi connectivity index (χ2v) is 7.84. The number of amidine groups is 1. The van der Waals surface area contributed by atoms with Gasteiger partial charge in [0.05, 0.1) is 25.5 Å². The predicted molar refractivity (Wildman–Crippen MR) is 121 cm³/mol. The second-order valence-electron chi connectivity index (χ2n) is 7.84. The number of hydrogen-bond donors (Lipinski definition) is 2. The number of nitrogens with one attached hydrogen (secondary N) is 1. The van der Waals surface area contributed by atoms with Crippen LogP contribution in [-0.2, 0) is 11.2 Å². The molecule has 0 aliphatic carbocycles. The molecule has 7 nitrogen and oxygen atoms in total. The lowest BCUT2D eigenvalue weighted by molar-refractivity contribution is -0.119. The number of fused-ring (bicyclic) bond motifs is 1. The summed E-state index contributed by atoms with van der Waals surface area (Å²) in [6, 6.07) is 13.5. The average molecular weight is 421 g/mol. The van der Waals surface area contributed by atoms with Crippen molar-refractivity contribution in [1.82, 2.24) is 0 Å². The van der Waals surface area contributed by atoms with E-state index in [1.807, 2.05) is 42.2 Å². The number of hydrogen-bond acceptors (Lipinski definition) is 6. The second kappa shape index (κ2) is 8.07. The van der Waals surface area contributed by atoms with Crippen molar-refractivity contribution in [3.63, 3.8) is 0 Å². The first-order chi connectivity index (χ1) is 15.0. The van der Waals surface area contributed by atoms with Crippen LogP contribution in [0.3, 0.4) is 0 Å². The van der Waals surface area contributed by atoms with Crippen molar-refractivity contribution < 1.29 is 19.4 Å². The molecule has 2 heterocycles. The minimum atomic E-state index is -1.00. The minimum Gasteiger partial charge on any atom is -0.497 e. The van der Waals surface area contributed by atoms with E-state index < -0.39 is 5.54 Å². The molecule has 0 amide bonds. The number of para-hydroxylation sites is 1. The van der Waals surface area contributed by atoms with E-state index in [1.165, 1.54) is 0 Å². The minimum absolute atomic E-state index is 0.0701. The van der Waals surface area contributed by atoms with Gasteiger partial charge in [-0.05, 0) is 18.6 Å². The van der Waals surface area contributed by atoms with Crippen molar-refractivity contribution in [1.29, 1.82) is 0 Å². The molecule has 0 unspecified atom stereocenters. The highest BCUT2D eigenvalue weighted by molar-refractivity contribution is 6.37.